The van der Waals surface area contributed by atoms with Gasteiger partial charge >= 0.3 is 6.03 Å². The van der Waals surface area contributed by atoms with Gasteiger partial charge in [0.2, 0.25) is 0 Å². The zero-order valence-corrected chi connectivity index (χ0v) is 12.6. The van der Waals surface area contributed by atoms with Gasteiger partial charge in [-0.15, -0.1) is 0 Å². The van der Waals surface area contributed by atoms with Crippen molar-refractivity contribution < 1.29 is 15.0 Å². The van der Waals surface area contributed by atoms with E-state index in [0.29, 0.717) is 6.54 Å². The van der Waals surface area contributed by atoms with Crippen LogP contribution in [0.4, 0.5) is 4.79 Å². The second kappa shape index (κ2) is 6.57. The van der Waals surface area contributed by atoms with Crippen molar-refractivity contribution >= 4 is 6.03 Å². The van der Waals surface area contributed by atoms with Crippen LogP contribution >= 0.6 is 0 Å². The summed E-state index contributed by atoms with van der Waals surface area (Å²) in [6.45, 7) is 6.03. The molecule has 1 aliphatic heterocycles. The minimum Gasteiger partial charge on any atom is -0.396 e. The fourth-order valence-corrected chi connectivity index (χ4v) is 2.79. The maximum absolute atomic E-state index is 12.5. The predicted molar refractivity (Wildman–Crippen MR) is 74.9 cm³/mol. The van der Waals surface area contributed by atoms with E-state index in [4.69, 9.17) is 0 Å². The average molecular weight is 272 g/mol. The molecule has 5 nitrogen and oxygen atoms in total. The molecule has 112 valence electrons. The second-order valence-electron chi connectivity index (χ2n) is 6.30. The molecule has 1 aliphatic rings. The third kappa shape index (κ3) is 3.83. The number of hydrogen-bond donors (Lipinski definition) is 2. The number of urea groups is 1. The number of carbonyl (C=O) groups is 1. The van der Waals surface area contributed by atoms with E-state index in [-0.39, 0.29) is 31.3 Å². The van der Waals surface area contributed by atoms with Crippen LogP contribution in [0.3, 0.4) is 0 Å². The van der Waals surface area contributed by atoms with Gasteiger partial charge in [0.25, 0.3) is 0 Å². The molecule has 2 N–H and O–H groups in total. The molecule has 0 aromatic heterocycles. The van der Waals surface area contributed by atoms with Crippen LogP contribution in [0.2, 0.25) is 0 Å². The molecule has 0 unspecified atom stereocenters. The number of rotatable bonds is 4. The average Bonchev–Trinajstić information content (AvgIpc) is 2.38. The lowest BCUT2D eigenvalue weighted by Crippen LogP contribution is -2.54. The first-order valence-corrected chi connectivity index (χ1v) is 7.10. The number of aliphatic hydroxyl groups is 2. The van der Waals surface area contributed by atoms with Crippen molar-refractivity contribution in [1.82, 2.24) is 9.80 Å². The lowest BCUT2D eigenvalue weighted by atomic mass is 9.92. The molecule has 1 heterocycles. The molecule has 0 spiro atoms. The molecule has 0 radical (unpaired) electrons. The van der Waals surface area contributed by atoms with E-state index in [2.05, 4.69) is 13.8 Å². The molecule has 1 fully saturated rings. The zero-order valence-electron chi connectivity index (χ0n) is 12.6. The first-order valence-electron chi connectivity index (χ1n) is 7.10. The number of piperidine rings is 1. The highest BCUT2D eigenvalue weighted by Crippen LogP contribution is 2.25. The molecular weight excluding hydrogens is 244 g/mol. The largest absolute Gasteiger partial charge is 0.396 e. The predicted octanol–water partition coefficient (Wildman–Crippen LogP) is 1.29. The van der Waals surface area contributed by atoms with Gasteiger partial charge in [-0.3, -0.25) is 0 Å². The van der Waals surface area contributed by atoms with Crippen molar-refractivity contribution in [3.05, 3.63) is 0 Å². The van der Waals surface area contributed by atoms with Crippen molar-refractivity contribution in [3.8, 4) is 0 Å². The topological polar surface area (TPSA) is 64.0 Å². The second-order valence-corrected chi connectivity index (χ2v) is 6.30. The third-order valence-electron chi connectivity index (χ3n) is 4.12. The molecule has 0 saturated carbocycles. The molecule has 1 saturated heterocycles. The fraction of sp³-hybridized carbons (Fsp3) is 0.929. The van der Waals surface area contributed by atoms with Crippen molar-refractivity contribution in [1.29, 1.82) is 0 Å². The first-order chi connectivity index (χ1) is 8.84. The zero-order chi connectivity index (χ0) is 14.6. The Labute approximate surface area is 116 Å². The Kier molecular flexibility index (Phi) is 5.62. The smallest absolute Gasteiger partial charge is 0.320 e. The van der Waals surface area contributed by atoms with Crippen LogP contribution in [-0.2, 0) is 0 Å². The van der Waals surface area contributed by atoms with Gasteiger partial charge in [-0.1, -0.05) is 6.92 Å². The summed E-state index contributed by atoms with van der Waals surface area (Å²) in [6, 6.07) is 0.509. The van der Waals surface area contributed by atoms with Gasteiger partial charge < -0.3 is 20.0 Å². The Morgan fingerprint density at radius 3 is 2.16 bits per heavy atom. The van der Waals surface area contributed by atoms with Crippen molar-refractivity contribution in [2.75, 3.05) is 26.8 Å². The van der Waals surface area contributed by atoms with Gasteiger partial charge in [0.1, 0.15) is 0 Å². The first kappa shape index (κ1) is 16.2. The highest BCUT2D eigenvalue weighted by atomic mass is 16.3. The van der Waals surface area contributed by atoms with E-state index in [1.807, 2.05) is 4.90 Å². The van der Waals surface area contributed by atoms with Crippen LogP contribution in [0.25, 0.3) is 0 Å². The fourth-order valence-electron chi connectivity index (χ4n) is 2.79. The quantitative estimate of drug-likeness (QED) is 0.810. The van der Waals surface area contributed by atoms with Crippen LogP contribution in [0.5, 0.6) is 0 Å². The standard InChI is InChI=1S/C14H28N2O3/c1-11-6-5-7-12(2)16(11)13(19)15(4)8-14(3,9-17)10-18/h11-12,17-18H,5-10H2,1-4H3/t11-,12-/m0/s1. The third-order valence-corrected chi connectivity index (χ3v) is 4.12. The number of hydrogen-bond acceptors (Lipinski definition) is 3. The summed E-state index contributed by atoms with van der Waals surface area (Å²) in [5.74, 6) is 0. The van der Waals surface area contributed by atoms with Crippen LogP contribution < -0.4 is 0 Å². The molecule has 0 aromatic carbocycles. The van der Waals surface area contributed by atoms with E-state index in [1.54, 1.807) is 18.9 Å². The van der Waals surface area contributed by atoms with Crippen LogP contribution in [0.1, 0.15) is 40.0 Å². The Morgan fingerprint density at radius 2 is 1.74 bits per heavy atom. The molecular formula is C14H28N2O3. The minimum absolute atomic E-state index is 0.00664. The van der Waals surface area contributed by atoms with E-state index < -0.39 is 5.41 Å². The lowest BCUT2D eigenvalue weighted by Gasteiger charge is -2.42. The molecule has 1 rings (SSSR count). The highest BCUT2D eigenvalue weighted by molar-refractivity contribution is 5.75. The minimum atomic E-state index is -0.646. The van der Waals surface area contributed by atoms with E-state index in [1.165, 1.54) is 6.42 Å². The molecule has 0 aromatic rings. The van der Waals surface area contributed by atoms with Gasteiger partial charge in [0, 0.05) is 31.1 Å². The van der Waals surface area contributed by atoms with Crippen LogP contribution in [0, 0.1) is 5.41 Å². The summed E-state index contributed by atoms with van der Waals surface area (Å²) < 4.78 is 0. The van der Waals surface area contributed by atoms with Gasteiger partial charge in [-0.2, -0.15) is 0 Å². The monoisotopic (exact) mass is 272 g/mol. The SMILES string of the molecule is C[C@H]1CCC[C@H](C)N1C(=O)N(C)CC(C)(CO)CO. The normalized spacial score (nSPS) is 24.4. The van der Waals surface area contributed by atoms with Crippen molar-refractivity contribution in [2.24, 2.45) is 5.41 Å². The molecule has 0 bridgehead atoms. The maximum Gasteiger partial charge on any atom is 0.320 e. The lowest BCUT2D eigenvalue weighted by molar-refractivity contribution is 0.0365. The molecule has 2 atom stereocenters. The summed E-state index contributed by atoms with van der Waals surface area (Å²) in [7, 11) is 1.74. The number of aliphatic hydroxyl groups excluding tert-OH is 2. The van der Waals surface area contributed by atoms with E-state index in [9.17, 15) is 15.0 Å². The molecule has 0 aliphatic carbocycles. The van der Waals surface area contributed by atoms with Crippen molar-refractivity contribution in [2.45, 2.75) is 52.1 Å². The Morgan fingerprint density at radius 1 is 1.26 bits per heavy atom. The van der Waals surface area contributed by atoms with Crippen LogP contribution in [0.15, 0.2) is 0 Å². The number of nitrogens with zero attached hydrogens (tertiary/aromatic N) is 2. The van der Waals surface area contributed by atoms with Gasteiger partial charge in [-0.05, 0) is 33.1 Å². The maximum atomic E-state index is 12.5. The van der Waals surface area contributed by atoms with Gasteiger partial charge in [0.05, 0.1) is 13.2 Å². The Balaban J connectivity index is 2.70. The Bertz CT molecular complexity index is 295. The highest BCUT2D eigenvalue weighted by Gasteiger charge is 2.33. The summed E-state index contributed by atoms with van der Waals surface area (Å²) >= 11 is 0. The number of amides is 2. The van der Waals surface area contributed by atoms with Gasteiger partial charge in [-0.25, -0.2) is 4.79 Å². The molecule has 2 amide bonds. The Hall–Kier alpha value is -0.810. The molecule has 19 heavy (non-hydrogen) atoms. The van der Waals surface area contributed by atoms with E-state index in [0.717, 1.165) is 12.8 Å². The molecule has 5 heteroatoms. The summed E-state index contributed by atoms with van der Waals surface area (Å²) in [5.41, 5.74) is -0.646. The van der Waals surface area contributed by atoms with Crippen LogP contribution in [-0.4, -0.2) is 64.9 Å². The van der Waals surface area contributed by atoms with Crippen molar-refractivity contribution in [3.63, 3.8) is 0 Å². The number of likely N-dealkylation sites (tertiary alicyclic amines) is 1. The summed E-state index contributed by atoms with van der Waals surface area (Å²) in [5, 5.41) is 18.6. The summed E-state index contributed by atoms with van der Waals surface area (Å²) in [4.78, 5) is 16.1. The number of carbonyl (C=O) groups excluding carboxylic acids is 1. The summed E-state index contributed by atoms with van der Waals surface area (Å²) in [6.07, 6.45) is 3.25. The van der Waals surface area contributed by atoms with Gasteiger partial charge in [0.15, 0.2) is 0 Å². The van der Waals surface area contributed by atoms with E-state index >= 15 is 0 Å².